The van der Waals surface area contributed by atoms with Crippen LogP contribution in [0.3, 0.4) is 0 Å². The molecule has 1 aromatic heterocycles. The number of alkyl halides is 3. The summed E-state index contributed by atoms with van der Waals surface area (Å²) < 4.78 is 41.3. The van der Waals surface area contributed by atoms with Crippen LogP contribution >= 0.6 is 0 Å². The van der Waals surface area contributed by atoms with Gasteiger partial charge in [0.15, 0.2) is 0 Å². The molecule has 6 heteroatoms. The molecular weight excluding hydrogens is 269 g/mol. The van der Waals surface area contributed by atoms with Crippen LogP contribution < -0.4 is 10.1 Å². The molecule has 0 spiro atoms. The van der Waals surface area contributed by atoms with Crippen molar-refractivity contribution in [2.24, 2.45) is 0 Å². The number of hydrogen-bond acceptors (Lipinski definition) is 3. The van der Waals surface area contributed by atoms with Crippen LogP contribution in [0.15, 0.2) is 12.1 Å². The molecule has 1 rings (SSSR count). The van der Waals surface area contributed by atoms with E-state index in [0.29, 0.717) is 6.54 Å². The van der Waals surface area contributed by atoms with E-state index in [1.807, 2.05) is 26.8 Å². The molecule has 3 nitrogen and oxygen atoms in total. The molecule has 0 saturated heterocycles. The van der Waals surface area contributed by atoms with Crippen LogP contribution in [0.4, 0.5) is 13.2 Å². The summed E-state index contributed by atoms with van der Waals surface area (Å²) in [5.41, 5.74) is 1.63. The van der Waals surface area contributed by atoms with Gasteiger partial charge in [0.25, 0.3) is 0 Å². The monoisotopic (exact) mass is 290 g/mol. The van der Waals surface area contributed by atoms with Gasteiger partial charge in [0.2, 0.25) is 5.88 Å². The van der Waals surface area contributed by atoms with Crippen LogP contribution in [0.25, 0.3) is 0 Å². The Kier molecular flexibility index (Phi) is 5.39. The maximum absolute atomic E-state index is 12.1. The molecule has 0 bridgehead atoms. The van der Waals surface area contributed by atoms with Crippen molar-refractivity contribution in [1.29, 1.82) is 0 Å². The van der Waals surface area contributed by atoms with E-state index >= 15 is 0 Å². The first kappa shape index (κ1) is 16.8. The molecule has 20 heavy (non-hydrogen) atoms. The zero-order valence-electron chi connectivity index (χ0n) is 12.3. The smallest absolute Gasteiger partial charge is 0.392 e. The van der Waals surface area contributed by atoms with Gasteiger partial charge in [-0.05, 0) is 39.3 Å². The van der Waals surface area contributed by atoms with Gasteiger partial charge in [-0.2, -0.15) is 13.2 Å². The standard InChI is InChI=1S/C14H21F3N2O/c1-10-7-11(9-18-13(2,3)4)8-12(19-10)20-6-5-14(15,16)17/h7-8,18H,5-6,9H2,1-4H3. The van der Waals surface area contributed by atoms with Gasteiger partial charge in [-0.3, -0.25) is 0 Å². The van der Waals surface area contributed by atoms with Gasteiger partial charge in [-0.25, -0.2) is 4.98 Å². The maximum atomic E-state index is 12.1. The maximum Gasteiger partial charge on any atom is 0.392 e. The van der Waals surface area contributed by atoms with E-state index < -0.39 is 19.2 Å². The minimum atomic E-state index is -4.21. The lowest BCUT2D eigenvalue weighted by Gasteiger charge is -2.20. The highest BCUT2D eigenvalue weighted by Gasteiger charge is 2.26. The highest BCUT2D eigenvalue weighted by Crippen LogP contribution is 2.20. The quantitative estimate of drug-likeness (QED) is 0.899. The molecule has 0 radical (unpaired) electrons. The van der Waals surface area contributed by atoms with E-state index in [-0.39, 0.29) is 11.4 Å². The third-order valence-corrected chi connectivity index (χ3v) is 2.45. The second-order valence-electron chi connectivity index (χ2n) is 5.77. The van der Waals surface area contributed by atoms with Crippen LogP contribution in [0.5, 0.6) is 5.88 Å². The molecule has 0 unspecified atom stereocenters. The van der Waals surface area contributed by atoms with Crippen molar-refractivity contribution in [2.75, 3.05) is 6.61 Å². The van der Waals surface area contributed by atoms with Crippen LogP contribution in [-0.4, -0.2) is 23.3 Å². The van der Waals surface area contributed by atoms with E-state index in [0.717, 1.165) is 11.3 Å². The minimum absolute atomic E-state index is 0.0333. The Hall–Kier alpha value is -1.30. The molecule has 0 saturated carbocycles. The number of nitrogens with zero attached hydrogens (tertiary/aromatic N) is 1. The van der Waals surface area contributed by atoms with E-state index in [2.05, 4.69) is 10.3 Å². The van der Waals surface area contributed by atoms with Gasteiger partial charge in [0.05, 0.1) is 13.0 Å². The summed E-state index contributed by atoms with van der Waals surface area (Å²) in [5.74, 6) is 0.236. The number of hydrogen-bond donors (Lipinski definition) is 1. The number of nitrogens with one attached hydrogen (secondary N) is 1. The summed E-state index contributed by atoms with van der Waals surface area (Å²) >= 11 is 0. The average molecular weight is 290 g/mol. The molecule has 0 fully saturated rings. The predicted octanol–water partition coefficient (Wildman–Crippen LogP) is 3.61. The molecular formula is C14H21F3N2O. The van der Waals surface area contributed by atoms with Crippen LogP contribution in [-0.2, 0) is 6.54 Å². The first-order valence-electron chi connectivity index (χ1n) is 6.47. The van der Waals surface area contributed by atoms with Crippen molar-refractivity contribution in [1.82, 2.24) is 10.3 Å². The van der Waals surface area contributed by atoms with Gasteiger partial charge in [0.1, 0.15) is 0 Å². The molecule has 0 amide bonds. The average Bonchev–Trinajstić information content (AvgIpc) is 2.23. The number of halogens is 3. The fourth-order valence-electron chi connectivity index (χ4n) is 1.52. The number of aromatic nitrogens is 1. The molecule has 0 aliphatic heterocycles. The van der Waals surface area contributed by atoms with E-state index in [1.165, 1.54) is 0 Å². The summed E-state index contributed by atoms with van der Waals surface area (Å²) in [5, 5.41) is 3.31. The summed E-state index contributed by atoms with van der Waals surface area (Å²) in [4.78, 5) is 4.08. The molecule has 0 aliphatic carbocycles. The van der Waals surface area contributed by atoms with Crippen molar-refractivity contribution in [2.45, 2.75) is 52.4 Å². The Morgan fingerprint density at radius 1 is 1.20 bits per heavy atom. The third-order valence-electron chi connectivity index (χ3n) is 2.45. The normalized spacial score (nSPS) is 12.6. The summed E-state index contributed by atoms with van der Waals surface area (Å²) in [6.07, 6.45) is -5.18. The number of rotatable bonds is 5. The molecule has 0 atom stereocenters. The second kappa shape index (κ2) is 6.43. The van der Waals surface area contributed by atoms with Crippen LogP contribution in [0.1, 0.15) is 38.4 Å². The Bertz CT molecular complexity index is 439. The fourth-order valence-corrected chi connectivity index (χ4v) is 1.52. The van der Waals surface area contributed by atoms with Crippen LogP contribution in [0, 0.1) is 6.92 Å². The summed E-state index contributed by atoms with van der Waals surface area (Å²) in [7, 11) is 0. The molecule has 1 aromatic rings. The number of pyridine rings is 1. The highest BCUT2D eigenvalue weighted by molar-refractivity contribution is 5.24. The molecule has 1 N–H and O–H groups in total. The van der Waals surface area contributed by atoms with Crippen LogP contribution in [0.2, 0.25) is 0 Å². The SMILES string of the molecule is Cc1cc(CNC(C)(C)C)cc(OCCC(F)(F)F)n1. The van der Waals surface area contributed by atoms with E-state index in [1.54, 1.807) is 13.0 Å². The Balaban J connectivity index is 2.62. The highest BCUT2D eigenvalue weighted by atomic mass is 19.4. The van der Waals surface area contributed by atoms with Crippen molar-refractivity contribution in [3.05, 3.63) is 23.4 Å². The summed E-state index contributed by atoms with van der Waals surface area (Å²) in [6.45, 7) is 8.12. The van der Waals surface area contributed by atoms with Gasteiger partial charge >= 0.3 is 6.18 Å². The second-order valence-corrected chi connectivity index (χ2v) is 5.77. The zero-order valence-corrected chi connectivity index (χ0v) is 12.3. The van der Waals surface area contributed by atoms with Crippen molar-refractivity contribution in [3.8, 4) is 5.88 Å². The predicted molar refractivity (Wildman–Crippen MR) is 71.7 cm³/mol. The first-order chi connectivity index (χ1) is 9.05. The third kappa shape index (κ3) is 7.33. The van der Waals surface area contributed by atoms with Crippen molar-refractivity contribution in [3.63, 3.8) is 0 Å². The number of ether oxygens (including phenoxy) is 1. The van der Waals surface area contributed by atoms with Gasteiger partial charge in [0, 0.05) is 23.8 Å². The van der Waals surface area contributed by atoms with Crippen molar-refractivity contribution < 1.29 is 17.9 Å². The lowest BCUT2D eigenvalue weighted by molar-refractivity contribution is -0.139. The Morgan fingerprint density at radius 3 is 2.40 bits per heavy atom. The minimum Gasteiger partial charge on any atom is -0.477 e. The van der Waals surface area contributed by atoms with Gasteiger partial charge < -0.3 is 10.1 Å². The topological polar surface area (TPSA) is 34.1 Å². The largest absolute Gasteiger partial charge is 0.477 e. The number of aryl methyl sites for hydroxylation is 1. The van der Waals surface area contributed by atoms with Gasteiger partial charge in [-0.15, -0.1) is 0 Å². The lowest BCUT2D eigenvalue weighted by atomic mass is 10.1. The van der Waals surface area contributed by atoms with E-state index in [9.17, 15) is 13.2 Å². The molecule has 114 valence electrons. The molecule has 0 aliphatic rings. The summed E-state index contributed by atoms with van der Waals surface area (Å²) in [6, 6.07) is 3.55. The van der Waals surface area contributed by atoms with E-state index in [4.69, 9.17) is 4.74 Å². The lowest BCUT2D eigenvalue weighted by Crippen LogP contribution is -2.35. The Labute approximate surface area is 117 Å². The first-order valence-corrected chi connectivity index (χ1v) is 6.47. The zero-order chi connectivity index (χ0) is 15.4. The molecule has 1 heterocycles. The fraction of sp³-hybridized carbons (Fsp3) is 0.643. The molecule has 0 aromatic carbocycles. The van der Waals surface area contributed by atoms with Gasteiger partial charge in [-0.1, -0.05) is 0 Å². The van der Waals surface area contributed by atoms with Crippen molar-refractivity contribution >= 4 is 0 Å². The Morgan fingerprint density at radius 2 is 1.85 bits per heavy atom.